The van der Waals surface area contributed by atoms with Gasteiger partial charge < -0.3 is 21.3 Å². The fraction of sp³-hybridized carbons (Fsp3) is 0.889. The molecule has 174 valence electrons. The molecule has 2 fully saturated rings. The Hall–Kier alpha value is -0.720. The van der Waals surface area contributed by atoms with Gasteiger partial charge in [0.15, 0.2) is 29.9 Å². The van der Waals surface area contributed by atoms with Crippen molar-refractivity contribution < 1.29 is 16.8 Å². The van der Waals surface area contributed by atoms with Crippen LogP contribution in [0.1, 0.15) is 52.4 Å². The van der Waals surface area contributed by atoms with E-state index in [9.17, 15) is 16.8 Å². The monoisotopic (exact) mass is 498 g/mol. The smallest absolute Gasteiger partial charge is 0.166 e. The third-order valence-electron chi connectivity index (χ3n) is 5.51. The third-order valence-corrected chi connectivity index (χ3v) is 9.81. The zero-order chi connectivity index (χ0) is 22.5. The van der Waals surface area contributed by atoms with Crippen LogP contribution in [-0.4, -0.2) is 74.2 Å². The van der Waals surface area contributed by atoms with Crippen LogP contribution in [0.25, 0.3) is 0 Å². The summed E-state index contributed by atoms with van der Waals surface area (Å²) in [7, 11) is -5.91. The Labute approximate surface area is 191 Å². The Bertz CT molecular complexity index is 776. The highest BCUT2D eigenvalue weighted by atomic mass is 32.2. The first-order chi connectivity index (χ1) is 13.8. The van der Waals surface area contributed by atoms with Crippen LogP contribution >= 0.6 is 24.4 Å². The van der Waals surface area contributed by atoms with Gasteiger partial charge in [-0.1, -0.05) is 12.8 Å². The number of nitrogens with one attached hydrogen (secondary N) is 4. The number of hydrogen-bond acceptors (Lipinski definition) is 6. The molecule has 0 unspecified atom stereocenters. The first-order valence-electron chi connectivity index (χ1n) is 10.4. The zero-order valence-electron chi connectivity index (χ0n) is 17.8. The molecule has 30 heavy (non-hydrogen) atoms. The molecule has 0 bridgehead atoms. The molecule has 2 heterocycles. The average molecular weight is 499 g/mol. The van der Waals surface area contributed by atoms with E-state index in [1.54, 1.807) is 0 Å². The van der Waals surface area contributed by atoms with E-state index in [-0.39, 0.29) is 23.0 Å². The zero-order valence-corrected chi connectivity index (χ0v) is 21.0. The SMILES string of the molecule is C[C@]1(NC(=S)NCCCCCCNC(=S)N[C@]2(C)CCS(=O)(=O)C2)CCS(=O)(=O)C1. The molecule has 2 aliphatic rings. The van der Waals surface area contributed by atoms with Gasteiger partial charge in [-0.15, -0.1) is 0 Å². The van der Waals surface area contributed by atoms with E-state index in [4.69, 9.17) is 24.4 Å². The normalized spacial score (nSPS) is 29.3. The maximum absolute atomic E-state index is 11.6. The van der Waals surface area contributed by atoms with E-state index in [0.717, 1.165) is 38.8 Å². The molecule has 0 amide bonds. The first-order valence-corrected chi connectivity index (χ1v) is 14.8. The first kappa shape index (κ1) is 25.5. The van der Waals surface area contributed by atoms with E-state index in [2.05, 4.69) is 21.3 Å². The largest absolute Gasteiger partial charge is 0.363 e. The Morgan fingerprint density at radius 1 is 0.733 bits per heavy atom. The Morgan fingerprint density at radius 2 is 1.10 bits per heavy atom. The lowest BCUT2D eigenvalue weighted by Crippen LogP contribution is -2.51. The van der Waals surface area contributed by atoms with Gasteiger partial charge in [0.2, 0.25) is 0 Å². The lowest BCUT2D eigenvalue weighted by Gasteiger charge is -2.26. The predicted molar refractivity (Wildman–Crippen MR) is 129 cm³/mol. The molecule has 2 atom stereocenters. The lowest BCUT2D eigenvalue weighted by molar-refractivity contribution is 0.465. The maximum Gasteiger partial charge on any atom is 0.166 e. The summed E-state index contributed by atoms with van der Waals surface area (Å²) in [6, 6.07) is 0. The highest BCUT2D eigenvalue weighted by Crippen LogP contribution is 2.23. The van der Waals surface area contributed by atoms with Crippen molar-refractivity contribution in [2.45, 2.75) is 63.5 Å². The van der Waals surface area contributed by atoms with Crippen molar-refractivity contribution in [1.82, 2.24) is 21.3 Å². The van der Waals surface area contributed by atoms with Crippen molar-refractivity contribution in [2.75, 3.05) is 36.1 Å². The highest BCUT2D eigenvalue weighted by Gasteiger charge is 2.39. The summed E-state index contributed by atoms with van der Waals surface area (Å²) in [6.45, 7) is 5.28. The van der Waals surface area contributed by atoms with Gasteiger partial charge in [0.05, 0.1) is 34.1 Å². The number of hydrogen-bond donors (Lipinski definition) is 4. The van der Waals surface area contributed by atoms with E-state index >= 15 is 0 Å². The Kier molecular flexibility index (Phi) is 8.74. The minimum Gasteiger partial charge on any atom is -0.363 e. The van der Waals surface area contributed by atoms with Gasteiger partial charge >= 0.3 is 0 Å². The summed E-state index contributed by atoms with van der Waals surface area (Å²) >= 11 is 10.6. The van der Waals surface area contributed by atoms with E-state index in [0.29, 0.717) is 23.1 Å². The molecule has 0 spiro atoms. The molecule has 0 aromatic carbocycles. The van der Waals surface area contributed by atoms with E-state index < -0.39 is 30.8 Å². The molecule has 8 nitrogen and oxygen atoms in total. The number of thiocarbonyl (C=S) groups is 2. The van der Waals surface area contributed by atoms with Gasteiger partial charge in [-0.3, -0.25) is 0 Å². The second kappa shape index (κ2) is 10.3. The van der Waals surface area contributed by atoms with Gasteiger partial charge in [0.25, 0.3) is 0 Å². The summed E-state index contributed by atoms with van der Waals surface area (Å²) in [4.78, 5) is 0. The molecule has 2 saturated heterocycles. The van der Waals surface area contributed by atoms with Crippen LogP contribution in [0.4, 0.5) is 0 Å². The second-order valence-electron chi connectivity index (χ2n) is 8.98. The molecule has 0 saturated carbocycles. The van der Waals surface area contributed by atoms with Crippen LogP contribution in [0.5, 0.6) is 0 Å². The third kappa shape index (κ3) is 8.80. The van der Waals surface area contributed by atoms with Gasteiger partial charge in [-0.05, 0) is 64.0 Å². The molecule has 0 radical (unpaired) electrons. The summed E-state index contributed by atoms with van der Waals surface area (Å²) in [5.41, 5.74) is -0.943. The molecule has 2 aliphatic heterocycles. The van der Waals surface area contributed by atoms with Crippen molar-refractivity contribution in [3.63, 3.8) is 0 Å². The van der Waals surface area contributed by atoms with Crippen LogP contribution in [0.15, 0.2) is 0 Å². The lowest BCUT2D eigenvalue weighted by atomic mass is 10.0. The predicted octanol–water partition coefficient (Wildman–Crippen LogP) is 0.629. The van der Waals surface area contributed by atoms with Crippen LogP contribution in [0.3, 0.4) is 0 Å². The fourth-order valence-corrected chi connectivity index (χ4v) is 8.75. The Morgan fingerprint density at radius 3 is 1.40 bits per heavy atom. The maximum atomic E-state index is 11.6. The minimum absolute atomic E-state index is 0.125. The number of unbranched alkanes of at least 4 members (excludes halogenated alkanes) is 3. The molecule has 12 heteroatoms. The second-order valence-corrected chi connectivity index (χ2v) is 14.2. The molecular weight excluding hydrogens is 464 g/mol. The standard InChI is InChI=1S/C18H34N4O4S4/c1-17(7-11-29(23,24)13-17)21-15(27)19-9-5-3-4-6-10-20-16(28)22-18(2)8-12-30(25,26)14-18/h3-14H2,1-2H3,(H2,19,21,27)(H2,20,22,28)/t17-,18+. The fourth-order valence-electron chi connectivity index (χ4n) is 3.86. The molecule has 0 aromatic heterocycles. The topological polar surface area (TPSA) is 116 Å². The van der Waals surface area contributed by atoms with E-state index in [1.165, 1.54) is 0 Å². The number of rotatable bonds is 9. The summed E-state index contributed by atoms with van der Waals surface area (Å²) in [5, 5.41) is 13.6. The summed E-state index contributed by atoms with van der Waals surface area (Å²) in [5.74, 6) is 0.676. The molecule has 4 N–H and O–H groups in total. The molecule has 2 rings (SSSR count). The molecular formula is C18H34N4O4S4. The van der Waals surface area contributed by atoms with Crippen LogP contribution in [0.2, 0.25) is 0 Å². The van der Waals surface area contributed by atoms with Gasteiger partial charge in [-0.25, -0.2) is 16.8 Å². The van der Waals surface area contributed by atoms with E-state index in [1.807, 2.05) is 13.8 Å². The van der Waals surface area contributed by atoms with Gasteiger partial charge in [-0.2, -0.15) is 0 Å². The van der Waals surface area contributed by atoms with Crippen molar-refractivity contribution in [3.8, 4) is 0 Å². The van der Waals surface area contributed by atoms with Gasteiger partial charge in [0.1, 0.15) is 0 Å². The van der Waals surface area contributed by atoms with Crippen LogP contribution in [0, 0.1) is 0 Å². The van der Waals surface area contributed by atoms with Crippen LogP contribution in [-0.2, 0) is 19.7 Å². The van der Waals surface area contributed by atoms with Crippen LogP contribution < -0.4 is 21.3 Å². The minimum atomic E-state index is -2.96. The molecule has 0 aliphatic carbocycles. The van der Waals surface area contributed by atoms with Crippen molar-refractivity contribution >= 4 is 54.3 Å². The van der Waals surface area contributed by atoms with Gasteiger partial charge in [0, 0.05) is 13.1 Å². The van der Waals surface area contributed by atoms with Crippen molar-refractivity contribution in [2.24, 2.45) is 0 Å². The highest BCUT2D eigenvalue weighted by molar-refractivity contribution is 7.92. The average Bonchev–Trinajstić information content (AvgIpc) is 3.03. The summed E-state index contributed by atoms with van der Waals surface area (Å²) < 4.78 is 46.6. The quantitative estimate of drug-likeness (QED) is 0.266. The molecule has 0 aromatic rings. The number of sulfone groups is 2. The summed E-state index contributed by atoms with van der Waals surface area (Å²) in [6.07, 6.45) is 5.18. The van der Waals surface area contributed by atoms with Crippen molar-refractivity contribution in [1.29, 1.82) is 0 Å². The van der Waals surface area contributed by atoms with Crippen molar-refractivity contribution in [3.05, 3.63) is 0 Å². The Balaban J connectivity index is 1.48.